The quantitative estimate of drug-likeness (QED) is 0.883. The number of benzene rings is 1. The first kappa shape index (κ1) is 15.1. The summed E-state index contributed by atoms with van der Waals surface area (Å²) >= 11 is 6.09. The summed E-state index contributed by atoms with van der Waals surface area (Å²) in [5, 5.41) is 3.51. The second-order valence-corrected chi connectivity index (χ2v) is 4.55. The van der Waals surface area contributed by atoms with Gasteiger partial charge in [0.1, 0.15) is 5.82 Å². The highest BCUT2D eigenvalue weighted by Crippen LogP contribution is 2.40. The fourth-order valence-corrected chi connectivity index (χ4v) is 2.06. The van der Waals surface area contributed by atoms with Crippen molar-refractivity contribution in [2.24, 2.45) is 0 Å². The summed E-state index contributed by atoms with van der Waals surface area (Å²) in [6.07, 6.45) is 1.52. The average molecular weight is 310 g/mol. The van der Waals surface area contributed by atoms with Crippen molar-refractivity contribution in [2.75, 3.05) is 32.4 Å². The van der Waals surface area contributed by atoms with E-state index in [2.05, 4.69) is 10.3 Å². The summed E-state index contributed by atoms with van der Waals surface area (Å²) in [5.74, 6) is 2.07. The molecule has 0 radical (unpaired) electrons. The Bertz CT molecular complexity index is 624. The number of methoxy groups -OCH3 is 3. The Kier molecular flexibility index (Phi) is 4.59. The van der Waals surface area contributed by atoms with Crippen LogP contribution in [0.4, 0.5) is 17.2 Å². The molecule has 0 unspecified atom stereocenters. The van der Waals surface area contributed by atoms with E-state index in [1.807, 2.05) is 0 Å². The van der Waals surface area contributed by atoms with Crippen molar-refractivity contribution in [2.45, 2.75) is 0 Å². The van der Waals surface area contributed by atoms with E-state index in [1.165, 1.54) is 6.20 Å². The number of pyridine rings is 1. The van der Waals surface area contributed by atoms with E-state index < -0.39 is 0 Å². The zero-order valence-corrected chi connectivity index (χ0v) is 12.7. The molecule has 7 heteroatoms. The number of ether oxygens (including phenoxy) is 3. The molecule has 0 saturated carbocycles. The molecule has 2 rings (SSSR count). The molecule has 1 heterocycles. The van der Waals surface area contributed by atoms with E-state index in [9.17, 15) is 0 Å². The number of nitrogens with one attached hydrogen (secondary N) is 1. The summed E-state index contributed by atoms with van der Waals surface area (Å²) in [7, 11) is 4.65. The molecule has 6 nitrogen and oxygen atoms in total. The smallest absolute Gasteiger partial charge is 0.203 e. The Hall–Kier alpha value is -2.34. The van der Waals surface area contributed by atoms with Gasteiger partial charge in [-0.3, -0.25) is 0 Å². The SMILES string of the molecule is COc1cc(Nc2ncc(N)cc2Cl)cc(OC)c1OC. The largest absolute Gasteiger partial charge is 0.493 e. The predicted molar refractivity (Wildman–Crippen MR) is 83.0 cm³/mol. The molecule has 3 N–H and O–H groups in total. The second kappa shape index (κ2) is 6.41. The first-order valence-corrected chi connectivity index (χ1v) is 6.45. The van der Waals surface area contributed by atoms with Crippen molar-refractivity contribution in [3.63, 3.8) is 0 Å². The maximum atomic E-state index is 6.09. The molecule has 0 fully saturated rings. The van der Waals surface area contributed by atoms with Gasteiger partial charge in [0, 0.05) is 17.8 Å². The maximum Gasteiger partial charge on any atom is 0.203 e. The summed E-state index contributed by atoms with van der Waals surface area (Å²) in [6, 6.07) is 5.14. The summed E-state index contributed by atoms with van der Waals surface area (Å²) in [6.45, 7) is 0. The summed E-state index contributed by atoms with van der Waals surface area (Å²) in [5.41, 5.74) is 6.81. The van der Waals surface area contributed by atoms with Crippen LogP contribution in [0, 0.1) is 0 Å². The van der Waals surface area contributed by atoms with E-state index in [-0.39, 0.29) is 0 Å². The third kappa shape index (κ3) is 3.22. The van der Waals surface area contributed by atoms with Crippen molar-refractivity contribution in [1.29, 1.82) is 0 Å². The van der Waals surface area contributed by atoms with Crippen molar-refractivity contribution >= 4 is 28.8 Å². The van der Waals surface area contributed by atoms with Crippen LogP contribution >= 0.6 is 11.6 Å². The van der Waals surface area contributed by atoms with E-state index in [4.69, 9.17) is 31.5 Å². The zero-order chi connectivity index (χ0) is 15.4. The van der Waals surface area contributed by atoms with E-state index >= 15 is 0 Å². The summed E-state index contributed by atoms with van der Waals surface area (Å²) < 4.78 is 15.8. The maximum absolute atomic E-state index is 6.09. The number of halogens is 1. The molecule has 0 atom stereocenters. The van der Waals surface area contributed by atoms with Crippen molar-refractivity contribution < 1.29 is 14.2 Å². The van der Waals surface area contributed by atoms with Gasteiger partial charge in [-0.25, -0.2) is 4.98 Å². The van der Waals surface area contributed by atoms with Gasteiger partial charge in [0.2, 0.25) is 5.75 Å². The third-order valence-corrected chi connectivity index (χ3v) is 3.08. The highest BCUT2D eigenvalue weighted by atomic mass is 35.5. The number of hydrogen-bond acceptors (Lipinski definition) is 6. The van der Waals surface area contributed by atoms with Crippen LogP contribution in [0.1, 0.15) is 0 Å². The van der Waals surface area contributed by atoms with Gasteiger partial charge in [-0.2, -0.15) is 0 Å². The van der Waals surface area contributed by atoms with Gasteiger partial charge >= 0.3 is 0 Å². The monoisotopic (exact) mass is 309 g/mol. The molecule has 0 bridgehead atoms. The number of aromatic nitrogens is 1. The van der Waals surface area contributed by atoms with Crippen molar-refractivity contribution in [3.05, 3.63) is 29.4 Å². The third-order valence-electron chi connectivity index (χ3n) is 2.79. The first-order valence-electron chi connectivity index (χ1n) is 6.07. The molecule has 0 saturated heterocycles. The Labute approximate surface area is 127 Å². The standard InChI is InChI=1S/C14H16ClN3O3/c1-19-11-5-9(6-12(20-2)13(11)21-3)18-14-10(15)4-8(16)7-17-14/h4-7H,16H2,1-3H3,(H,17,18). The number of nitrogen functional groups attached to an aromatic ring is 1. The van der Waals surface area contributed by atoms with Crippen molar-refractivity contribution in [3.8, 4) is 17.2 Å². The van der Waals surface area contributed by atoms with Gasteiger partial charge < -0.3 is 25.3 Å². The van der Waals surface area contributed by atoms with Gasteiger partial charge in [-0.05, 0) is 6.07 Å². The first-order chi connectivity index (χ1) is 10.1. The van der Waals surface area contributed by atoms with Gasteiger partial charge in [-0.15, -0.1) is 0 Å². The van der Waals surface area contributed by atoms with Gasteiger partial charge in [-0.1, -0.05) is 11.6 Å². The van der Waals surface area contributed by atoms with Crippen LogP contribution in [-0.4, -0.2) is 26.3 Å². The van der Waals surface area contributed by atoms with Crippen LogP contribution in [0.15, 0.2) is 24.4 Å². The zero-order valence-electron chi connectivity index (χ0n) is 11.9. The number of nitrogens with zero attached hydrogens (tertiary/aromatic N) is 1. The summed E-state index contributed by atoms with van der Waals surface area (Å²) in [4.78, 5) is 4.15. The minimum Gasteiger partial charge on any atom is -0.493 e. The minimum atomic E-state index is 0.420. The molecule has 0 aliphatic heterocycles. The fourth-order valence-electron chi connectivity index (χ4n) is 1.83. The molecule has 0 spiro atoms. The highest BCUT2D eigenvalue weighted by molar-refractivity contribution is 6.33. The topological polar surface area (TPSA) is 78.6 Å². The molecule has 2 aromatic rings. The van der Waals surface area contributed by atoms with E-state index in [0.717, 1.165) is 0 Å². The Morgan fingerprint density at radius 3 is 2.14 bits per heavy atom. The number of hydrogen-bond donors (Lipinski definition) is 2. The lowest BCUT2D eigenvalue weighted by Crippen LogP contribution is -1.99. The molecule has 0 aliphatic carbocycles. The molecular formula is C14H16ClN3O3. The van der Waals surface area contributed by atoms with Crippen LogP contribution in [-0.2, 0) is 0 Å². The van der Waals surface area contributed by atoms with Gasteiger partial charge in [0.15, 0.2) is 11.5 Å². The molecule has 112 valence electrons. The number of nitrogens with two attached hydrogens (primary N) is 1. The number of anilines is 3. The van der Waals surface area contributed by atoms with Crippen LogP contribution in [0.5, 0.6) is 17.2 Å². The van der Waals surface area contributed by atoms with Crippen LogP contribution in [0.25, 0.3) is 0 Å². The molecule has 0 aliphatic rings. The molecule has 21 heavy (non-hydrogen) atoms. The fraction of sp³-hybridized carbons (Fsp3) is 0.214. The second-order valence-electron chi connectivity index (χ2n) is 4.14. The lowest BCUT2D eigenvalue weighted by Gasteiger charge is -2.15. The predicted octanol–water partition coefficient (Wildman–Crippen LogP) is 3.09. The normalized spacial score (nSPS) is 10.1. The minimum absolute atomic E-state index is 0.420. The van der Waals surface area contributed by atoms with Crippen molar-refractivity contribution in [1.82, 2.24) is 4.98 Å². The Morgan fingerprint density at radius 2 is 1.67 bits per heavy atom. The lowest BCUT2D eigenvalue weighted by molar-refractivity contribution is 0.324. The average Bonchev–Trinajstić information content (AvgIpc) is 2.49. The lowest BCUT2D eigenvalue weighted by atomic mass is 10.2. The van der Waals surface area contributed by atoms with Crippen LogP contribution in [0.3, 0.4) is 0 Å². The molecule has 1 aromatic carbocycles. The van der Waals surface area contributed by atoms with E-state index in [0.29, 0.717) is 39.5 Å². The highest BCUT2D eigenvalue weighted by Gasteiger charge is 2.14. The number of rotatable bonds is 5. The Balaban J connectivity index is 2.40. The molecule has 1 aromatic heterocycles. The molecular weight excluding hydrogens is 294 g/mol. The van der Waals surface area contributed by atoms with Gasteiger partial charge in [0.05, 0.1) is 38.2 Å². The molecule has 0 amide bonds. The Morgan fingerprint density at radius 1 is 1.05 bits per heavy atom. The van der Waals surface area contributed by atoms with Crippen LogP contribution in [0.2, 0.25) is 5.02 Å². The van der Waals surface area contributed by atoms with Crippen LogP contribution < -0.4 is 25.3 Å². The van der Waals surface area contributed by atoms with E-state index in [1.54, 1.807) is 39.5 Å². The van der Waals surface area contributed by atoms with Gasteiger partial charge in [0.25, 0.3) is 0 Å².